The first-order valence-electron chi connectivity index (χ1n) is 3.72. The number of ether oxygens (including phenoxy) is 1. The van der Waals surface area contributed by atoms with E-state index in [9.17, 15) is 9.59 Å². The highest BCUT2D eigenvalue weighted by molar-refractivity contribution is 6.15. The van der Waals surface area contributed by atoms with Gasteiger partial charge in [-0.2, -0.15) is 5.26 Å². The Balaban J connectivity index is 2.50. The normalized spacial score (nSPS) is 15.7. The molecular formula is C8H8N2O3. The van der Waals surface area contributed by atoms with Gasteiger partial charge in [-0.05, 0) is 6.92 Å². The predicted octanol–water partition coefficient (Wildman–Crippen LogP) is -0.201. The number of carbonyl (C=O) groups is 2. The smallest absolute Gasteiger partial charge is 0.286 e. The fourth-order valence-electron chi connectivity index (χ4n) is 1.03. The fourth-order valence-corrected chi connectivity index (χ4v) is 1.03. The van der Waals surface area contributed by atoms with Gasteiger partial charge in [-0.15, -0.1) is 0 Å². The fraction of sp³-hybridized carbons (Fsp3) is 0.375. The minimum atomic E-state index is -0.343. The predicted molar refractivity (Wildman–Crippen MR) is 42.0 cm³/mol. The topological polar surface area (TPSA) is 70.4 Å². The molecule has 68 valence electrons. The lowest BCUT2D eigenvalue weighted by atomic mass is 10.3. The van der Waals surface area contributed by atoms with E-state index in [4.69, 9.17) is 5.26 Å². The van der Waals surface area contributed by atoms with Crippen molar-refractivity contribution in [3.63, 3.8) is 0 Å². The van der Waals surface area contributed by atoms with Gasteiger partial charge in [0.05, 0.1) is 6.54 Å². The quantitative estimate of drug-likeness (QED) is 0.342. The maximum absolute atomic E-state index is 11.2. The van der Waals surface area contributed by atoms with Gasteiger partial charge >= 0.3 is 0 Å². The third-order valence-electron chi connectivity index (χ3n) is 1.67. The van der Waals surface area contributed by atoms with Crippen molar-refractivity contribution in [1.29, 1.82) is 5.26 Å². The van der Waals surface area contributed by atoms with Crippen LogP contribution in [0.4, 0.5) is 0 Å². The molecule has 13 heavy (non-hydrogen) atoms. The molecule has 0 aromatic rings. The molecule has 0 atom stereocenters. The summed E-state index contributed by atoms with van der Waals surface area (Å²) >= 11 is 0. The highest BCUT2D eigenvalue weighted by Gasteiger charge is 2.27. The van der Waals surface area contributed by atoms with Crippen LogP contribution in [0.5, 0.6) is 0 Å². The minimum Gasteiger partial charge on any atom is -0.426 e. The molecule has 0 radical (unpaired) electrons. The molecule has 1 heterocycles. The van der Waals surface area contributed by atoms with Crippen LogP contribution in [0.3, 0.4) is 0 Å². The third-order valence-corrected chi connectivity index (χ3v) is 1.67. The lowest BCUT2D eigenvalue weighted by molar-refractivity contribution is -0.137. The molecular weight excluding hydrogens is 172 g/mol. The molecule has 2 amide bonds. The van der Waals surface area contributed by atoms with Crippen molar-refractivity contribution in [2.75, 3.05) is 13.2 Å². The van der Waals surface area contributed by atoms with Crippen molar-refractivity contribution < 1.29 is 14.3 Å². The Morgan fingerprint density at radius 3 is 2.77 bits per heavy atom. The van der Waals surface area contributed by atoms with Gasteiger partial charge in [-0.25, -0.2) is 0 Å². The Kier molecular flexibility index (Phi) is 2.65. The van der Waals surface area contributed by atoms with E-state index < -0.39 is 0 Å². The standard InChI is InChI=1S/C8H8N2O3/c1-6-4-7(11)10(8(6)12)2-3-13-5-9/h4H,2-3H2,1H3. The Bertz CT molecular complexity index is 314. The lowest BCUT2D eigenvalue weighted by Gasteiger charge is -2.12. The van der Waals surface area contributed by atoms with Gasteiger partial charge in [0.25, 0.3) is 18.1 Å². The van der Waals surface area contributed by atoms with Gasteiger partial charge in [-0.3, -0.25) is 14.5 Å². The van der Waals surface area contributed by atoms with Crippen molar-refractivity contribution in [3.8, 4) is 6.26 Å². The van der Waals surface area contributed by atoms with Crippen molar-refractivity contribution in [2.24, 2.45) is 0 Å². The average Bonchev–Trinajstić information content (AvgIpc) is 2.32. The zero-order valence-corrected chi connectivity index (χ0v) is 7.11. The second kappa shape index (κ2) is 3.72. The Morgan fingerprint density at radius 1 is 1.62 bits per heavy atom. The van der Waals surface area contributed by atoms with Crippen LogP contribution in [-0.4, -0.2) is 29.9 Å². The Labute approximate surface area is 75.2 Å². The molecule has 0 aromatic heterocycles. The van der Waals surface area contributed by atoms with E-state index >= 15 is 0 Å². The van der Waals surface area contributed by atoms with Gasteiger partial charge < -0.3 is 4.74 Å². The largest absolute Gasteiger partial charge is 0.426 e. The van der Waals surface area contributed by atoms with E-state index in [1.54, 1.807) is 6.92 Å². The number of nitrogens with zero attached hydrogens (tertiary/aromatic N) is 2. The van der Waals surface area contributed by atoms with Crippen LogP contribution in [0.1, 0.15) is 6.92 Å². The molecule has 0 aromatic carbocycles. The molecule has 5 nitrogen and oxygen atoms in total. The summed E-state index contributed by atoms with van der Waals surface area (Å²) in [6.07, 6.45) is 2.74. The summed E-state index contributed by atoms with van der Waals surface area (Å²) in [5.41, 5.74) is 0.418. The second-order valence-electron chi connectivity index (χ2n) is 2.56. The van der Waals surface area contributed by atoms with Crippen LogP contribution in [0, 0.1) is 11.5 Å². The van der Waals surface area contributed by atoms with Gasteiger partial charge in [0.2, 0.25) is 0 Å². The van der Waals surface area contributed by atoms with E-state index in [-0.39, 0.29) is 25.0 Å². The molecule has 1 rings (SSSR count). The SMILES string of the molecule is CC1=CC(=O)N(CCOC#N)C1=O. The zero-order valence-electron chi connectivity index (χ0n) is 7.11. The summed E-state index contributed by atoms with van der Waals surface area (Å²) in [6, 6.07) is 0. The van der Waals surface area contributed by atoms with Crippen molar-refractivity contribution in [3.05, 3.63) is 11.6 Å². The number of rotatable bonds is 3. The van der Waals surface area contributed by atoms with Crippen LogP contribution in [-0.2, 0) is 14.3 Å². The van der Waals surface area contributed by atoms with Crippen LogP contribution in [0.25, 0.3) is 0 Å². The summed E-state index contributed by atoms with van der Waals surface area (Å²) in [6.45, 7) is 1.75. The van der Waals surface area contributed by atoms with Crippen molar-refractivity contribution in [1.82, 2.24) is 4.90 Å². The molecule has 1 aliphatic rings. The van der Waals surface area contributed by atoms with Crippen LogP contribution in [0.2, 0.25) is 0 Å². The third kappa shape index (κ3) is 1.85. The molecule has 0 aliphatic carbocycles. The van der Waals surface area contributed by atoms with E-state index in [1.807, 2.05) is 0 Å². The molecule has 0 bridgehead atoms. The van der Waals surface area contributed by atoms with Crippen LogP contribution >= 0.6 is 0 Å². The number of hydrogen-bond donors (Lipinski definition) is 0. The van der Waals surface area contributed by atoms with E-state index in [2.05, 4.69) is 4.74 Å². The minimum absolute atomic E-state index is 0.0507. The van der Waals surface area contributed by atoms with Gasteiger partial charge in [0.1, 0.15) is 6.61 Å². The van der Waals surface area contributed by atoms with E-state index in [0.717, 1.165) is 4.90 Å². The highest BCUT2D eigenvalue weighted by atomic mass is 16.5. The molecule has 0 N–H and O–H groups in total. The maximum Gasteiger partial charge on any atom is 0.286 e. The number of nitriles is 1. The number of imide groups is 1. The number of hydrogen-bond acceptors (Lipinski definition) is 4. The molecule has 0 spiro atoms. The van der Waals surface area contributed by atoms with Gasteiger partial charge in [0.15, 0.2) is 0 Å². The van der Waals surface area contributed by atoms with Crippen molar-refractivity contribution in [2.45, 2.75) is 6.92 Å². The molecule has 5 heteroatoms. The van der Waals surface area contributed by atoms with E-state index in [0.29, 0.717) is 5.57 Å². The summed E-state index contributed by atoms with van der Waals surface area (Å²) in [5, 5.41) is 8.05. The monoisotopic (exact) mass is 180 g/mol. The summed E-state index contributed by atoms with van der Waals surface area (Å²) < 4.78 is 4.36. The zero-order chi connectivity index (χ0) is 9.84. The summed E-state index contributed by atoms with van der Waals surface area (Å²) in [7, 11) is 0. The number of carbonyl (C=O) groups excluding carboxylic acids is 2. The van der Waals surface area contributed by atoms with Crippen LogP contribution in [0.15, 0.2) is 11.6 Å². The van der Waals surface area contributed by atoms with E-state index in [1.165, 1.54) is 12.3 Å². The van der Waals surface area contributed by atoms with Crippen LogP contribution < -0.4 is 0 Å². The van der Waals surface area contributed by atoms with Gasteiger partial charge in [-0.1, -0.05) is 0 Å². The molecule has 0 unspecified atom stereocenters. The molecule has 0 saturated heterocycles. The molecule has 0 saturated carbocycles. The first-order chi connectivity index (χ1) is 6.16. The van der Waals surface area contributed by atoms with Crippen molar-refractivity contribution >= 4 is 11.8 Å². The highest BCUT2D eigenvalue weighted by Crippen LogP contribution is 2.10. The molecule has 0 fully saturated rings. The average molecular weight is 180 g/mol. The second-order valence-corrected chi connectivity index (χ2v) is 2.56. The first kappa shape index (κ1) is 9.26. The summed E-state index contributed by atoms with van der Waals surface area (Å²) in [4.78, 5) is 23.3. The summed E-state index contributed by atoms with van der Waals surface area (Å²) in [5.74, 6) is -0.657. The molecule has 1 aliphatic heterocycles. The Morgan fingerprint density at radius 2 is 2.31 bits per heavy atom. The number of amides is 2. The first-order valence-corrected chi connectivity index (χ1v) is 3.72. The Hall–Kier alpha value is -1.83. The van der Waals surface area contributed by atoms with Gasteiger partial charge in [0, 0.05) is 11.6 Å². The maximum atomic E-state index is 11.2. The lowest BCUT2D eigenvalue weighted by Crippen LogP contribution is -2.33.